The number of nitrogens with zero attached hydrogens (tertiary/aromatic N) is 2. The second-order valence-corrected chi connectivity index (χ2v) is 4.82. The van der Waals surface area contributed by atoms with Gasteiger partial charge in [0.05, 0.1) is 6.07 Å². The molecule has 1 rings (SSSR count). The molecular weight excluding hydrogens is 210 g/mol. The number of carbonyl (C=O) groups is 1. The van der Waals surface area contributed by atoms with E-state index >= 15 is 0 Å². The molecule has 0 bridgehead atoms. The standard InChI is InChI=1S/C10H17N3OS/c1-3-12-9(14)13-6-4-10(8-11,15-2)5-7-13/h3-7H2,1-2H3,(H,12,14). The molecule has 0 aromatic rings. The van der Waals surface area contributed by atoms with E-state index in [1.165, 1.54) is 0 Å². The van der Waals surface area contributed by atoms with Crippen LogP contribution in [0.25, 0.3) is 0 Å². The number of nitriles is 1. The van der Waals surface area contributed by atoms with Crippen LogP contribution in [0.2, 0.25) is 0 Å². The van der Waals surface area contributed by atoms with Crippen molar-refractivity contribution in [3.8, 4) is 6.07 Å². The minimum Gasteiger partial charge on any atom is -0.338 e. The van der Waals surface area contributed by atoms with Crippen molar-refractivity contribution >= 4 is 17.8 Å². The maximum Gasteiger partial charge on any atom is 0.317 e. The molecule has 1 N–H and O–H groups in total. The molecule has 0 aromatic heterocycles. The number of likely N-dealkylation sites (tertiary alicyclic amines) is 1. The lowest BCUT2D eigenvalue weighted by Gasteiger charge is -2.35. The van der Waals surface area contributed by atoms with E-state index in [0.29, 0.717) is 19.6 Å². The summed E-state index contributed by atoms with van der Waals surface area (Å²) in [6.07, 6.45) is 3.49. The van der Waals surface area contributed by atoms with Gasteiger partial charge in [-0.05, 0) is 26.0 Å². The monoisotopic (exact) mass is 227 g/mol. The van der Waals surface area contributed by atoms with Gasteiger partial charge in [-0.1, -0.05) is 0 Å². The Hall–Kier alpha value is -0.890. The Kier molecular flexibility index (Phi) is 4.28. The van der Waals surface area contributed by atoms with Crippen LogP contribution >= 0.6 is 11.8 Å². The summed E-state index contributed by atoms with van der Waals surface area (Å²) in [6.45, 7) is 3.92. The Labute approximate surface area is 95.0 Å². The number of hydrogen-bond acceptors (Lipinski definition) is 3. The maximum absolute atomic E-state index is 11.5. The van der Waals surface area contributed by atoms with E-state index in [1.54, 1.807) is 16.7 Å². The largest absolute Gasteiger partial charge is 0.338 e. The molecule has 0 aromatic carbocycles. The topological polar surface area (TPSA) is 56.1 Å². The highest BCUT2D eigenvalue weighted by molar-refractivity contribution is 8.00. The van der Waals surface area contributed by atoms with Gasteiger partial charge in [0.2, 0.25) is 0 Å². The highest BCUT2D eigenvalue weighted by Gasteiger charge is 2.35. The van der Waals surface area contributed by atoms with Gasteiger partial charge < -0.3 is 10.2 Å². The van der Waals surface area contributed by atoms with Crippen LogP contribution in [0, 0.1) is 11.3 Å². The first-order valence-corrected chi connectivity index (χ1v) is 6.39. The first kappa shape index (κ1) is 12.2. The minimum atomic E-state index is -0.275. The Morgan fingerprint density at radius 3 is 2.60 bits per heavy atom. The van der Waals surface area contributed by atoms with E-state index in [-0.39, 0.29) is 10.8 Å². The van der Waals surface area contributed by atoms with Gasteiger partial charge in [0.15, 0.2) is 0 Å². The number of piperidine rings is 1. The molecule has 84 valence electrons. The number of thioether (sulfide) groups is 1. The smallest absolute Gasteiger partial charge is 0.317 e. The molecule has 0 aliphatic carbocycles. The van der Waals surface area contributed by atoms with Gasteiger partial charge in [-0.2, -0.15) is 5.26 Å². The third-order valence-corrected chi connectivity index (χ3v) is 4.06. The van der Waals surface area contributed by atoms with Crippen LogP contribution in [0.5, 0.6) is 0 Å². The summed E-state index contributed by atoms with van der Waals surface area (Å²) in [5.41, 5.74) is 0. The number of nitrogens with one attached hydrogen (secondary N) is 1. The van der Waals surface area contributed by atoms with Crippen LogP contribution in [-0.2, 0) is 0 Å². The van der Waals surface area contributed by atoms with Crippen molar-refractivity contribution in [3.63, 3.8) is 0 Å². The molecule has 1 aliphatic heterocycles. The maximum atomic E-state index is 11.5. The van der Waals surface area contributed by atoms with E-state index in [9.17, 15) is 4.79 Å². The Bertz CT molecular complexity index is 266. The highest BCUT2D eigenvalue weighted by atomic mass is 32.2. The fraction of sp³-hybridized carbons (Fsp3) is 0.800. The van der Waals surface area contributed by atoms with Gasteiger partial charge in [-0.3, -0.25) is 0 Å². The lowest BCUT2D eigenvalue weighted by atomic mass is 9.97. The number of rotatable bonds is 2. The van der Waals surface area contributed by atoms with E-state index < -0.39 is 0 Å². The van der Waals surface area contributed by atoms with Gasteiger partial charge in [0.1, 0.15) is 4.75 Å². The van der Waals surface area contributed by atoms with Crippen LogP contribution in [0.1, 0.15) is 19.8 Å². The molecule has 5 heteroatoms. The number of amides is 2. The third kappa shape index (κ3) is 2.78. The van der Waals surface area contributed by atoms with Crippen LogP contribution in [-0.4, -0.2) is 41.6 Å². The van der Waals surface area contributed by atoms with Crippen molar-refractivity contribution < 1.29 is 4.79 Å². The zero-order valence-corrected chi connectivity index (χ0v) is 10.1. The van der Waals surface area contributed by atoms with Crippen LogP contribution in [0.4, 0.5) is 4.79 Å². The van der Waals surface area contributed by atoms with Crippen molar-refractivity contribution in [1.29, 1.82) is 5.26 Å². The van der Waals surface area contributed by atoms with Gasteiger partial charge in [-0.25, -0.2) is 4.79 Å². The molecule has 0 spiro atoms. The zero-order chi connectivity index (χ0) is 11.3. The average Bonchev–Trinajstić information content (AvgIpc) is 2.29. The molecule has 0 atom stereocenters. The SMILES string of the molecule is CCNC(=O)N1CCC(C#N)(SC)CC1. The molecule has 1 heterocycles. The first-order valence-electron chi connectivity index (χ1n) is 5.16. The minimum absolute atomic E-state index is 0.00913. The van der Waals surface area contributed by atoms with Crippen LogP contribution in [0.3, 0.4) is 0 Å². The normalized spacial score (nSPS) is 19.4. The van der Waals surface area contributed by atoms with Crippen molar-refractivity contribution in [1.82, 2.24) is 10.2 Å². The summed E-state index contributed by atoms with van der Waals surface area (Å²) in [6, 6.07) is 2.35. The average molecular weight is 227 g/mol. The Morgan fingerprint density at radius 1 is 1.60 bits per heavy atom. The van der Waals surface area contributed by atoms with Gasteiger partial charge in [0, 0.05) is 19.6 Å². The summed E-state index contributed by atoms with van der Waals surface area (Å²) in [4.78, 5) is 13.3. The first-order chi connectivity index (χ1) is 7.17. The summed E-state index contributed by atoms with van der Waals surface area (Å²) in [7, 11) is 0. The van der Waals surface area contributed by atoms with E-state index in [0.717, 1.165) is 12.8 Å². The summed E-state index contributed by atoms with van der Waals surface area (Å²) in [5, 5.41) is 11.9. The van der Waals surface area contributed by atoms with Crippen molar-refractivity contribution in [2.24, 2.45) is 0 Å². The fourth-order valence-electron chi connectivity index (χ4n) is 1.70. The van der Waals surface area contributed by atoms with Gasteiger partial charge in [-0.15, -0.1) is 11.8 Å². The van der Waals surface area contributed by atoms with Crippen molar-refractivity contribution in [3.05, 3.63) is 0 Å². The molecule has 0 unspecified atom stereocenters. The van der Waals surface area contributed by atoms with E-state index in [4.69, 9.17) is 5.26 Å². The number of carbonyl (C=O) groups excluding carboxylic acids is 1. The molecule has 1 aliphatic rings. The lowest BCUT2D eigenvalue weighted by Crippen LogP contribution is -2.48. The predicted octanol–water partition coefficient (Wildman–Crippen LogP) is 1.44. The quantitative estimate of drug-likeness (QED) is 0.776. The van der Waals surface area contributed by atoms with E-state index in [2.05, 4.69) is 11.4 Å². The molecule has 1 saturated heterocycles. The molecule has 2 amide bonds. The second-order valence-electron chi connectivity index (χ2n) is 3.63. The molecule has 1 fully saturated rings. The van der Waals surface area contributed by atoms with E-state index in [1.807, 2.05) is 13.2 Å². The zero-order valence-electron chi connectivity index (χ0n) is 9.25. The van der Waals surface area contributed by atoms with Crippen LogP contribution < -0.4 is 5.32 Å². The number of urea groups is 1. The van der Waals surface area contributed by atoms with Crippen molar-refractivity contribution in [2.45, 2.75) is 24.5 Å². The summed E-state index contributed by atoms with van der Waals surface area (Å²) < 4.78 is -0.275. The molecular formula is C10H17N3OS. The van der Waals surface area contributed by atoms with Gasteiger partial charge >= 0.3 is 6.03 Å². The third-order valence-electron chi connectivity index (χ3n) is 2.78. The molecule has 4 nitrogen and oxygen atoms in total. The second kappa shape index (κ2) is 5.26. The highest BCUT2D eigenvalue weighted by Crippen LogP contribution is 2.33. The van der Waals surface area contributed by atoms with Crippen molar-refractivity contribution in [2.75, 3.05) is 25.9 Å². The Morgan fingerprint density at radius 2 is 2.20 bits per heavy atom. The fourth-order valence-corrected chi connectivity index (χ4v) is 2.38. The molecule has 0 radical (unpaired) electrons. The Balaban J connectivity index is 2.49. The molecule has 15 heavy (non-hydrogen) atoms. The van der Waals surface area contributed by atoms with Crippen LogP contribution in [0.15, 0.2) is 0 Å². The van der Waals surface area contributed by atoms with Gasteiger partial charge in [0.25, 0.3) is 0 Å². The number of hydrogen-bond donors (Lipinski definition) is 1. The summed E-state index contributed by atoms with van der Waals surface area (Å²) >= 11 is 1.60. The predicted molar refractivity (Wildman–Crippen MR) is 61.7 cm³/mol. The molecule has 0 saturated carbocycles. The summed E-state index contributed by atoms with van der Waals surface area (Å²) in [5.74, 6) is 0. The lowest BCUT2D eigenvalue weighted by molar-refractivity contribution is 0.183.